The lowest BCUT2D eigenvalue weighted by atomic mass is 10.1. The van der Waals surface area contributed by atoms with Gasteiger partial charge in [-0.25, -0.2) is 0 Å². The van der Waals surface area contributed by atoms with Gasteiger partial charge in [0.15, 0.2) is 6.61 Å². The van der Waals surface area contributed by atoms with E-state index in [1.54, 1.807) is 24.3 Å². The Morgan fingerprint density at radius 2 is 2.00 bits per heavy atom. The maximum Gasteiger partial charge on any atom is 0.422 e. The molecule has 1 aromatic carbocycles. The lowest BCUT2D eigenvalue weighted by Gasteiger charge is -2.20. The maximum atomic E-state index is 12.2. The number of anilines is 1. The molecule has 1 N–H and O–H groups in total. The fourth-order valence-electron chi connectivity index (χ4n) is 2.12. The van der Waals surface area contributed by atoms with Crippen molar-refractivity contribution < 1.29 is 17.9 Å². The second kappa shape index (κ2) is 5.72. The quantitative estimate of drug-likeness (QED) is 0.837. The number of nitrogens with one attached hydrogen (secondary N) is 1. The van der Waals surface area contributed by atoms with E-state index in [0.29, 0.717) is 17.6 Å². The van der Waals surface area contributed by atoms with Crippen molar-refractivity contribution in [3.8, 4) is 5.75 Å². The van der Waals surface area contributed by atoms with Gasteiger partial charge < -0.3 is 10.1 Å². The van der Waals surface area contributed by atoms with Crippen LogP contribution in [-0.4, -0.2) is 18.8 Å². The normalized spacial score (nSPS) is 17.1. The predicted molar refractivity (Wildman–Crippen MR) is 68.4 cm³/mol. The van der Waals surface area contributed by atoms with E-state index in [4.69, 9.17) is 4.74 Å². The number of hydrogen-bond acceptors (Lipinski definition) is 2. The van der Waals surface area contributed by atoms with Crippen LogP contribution in [0.15, 0.2) is 24.3 Å². The predicted octanol–water partition coefficient (Wildman–Crippen LogP) is 4.23. The number of hydrogen-bond donors (Lipinski definition) is 1. The molecule has 0 radical (unpaired) electrons. The Bertz CT molecular complexity index is 415. The van der Waals surface area contributed by atoms with Crippen LogP contribution in [0.5, 0.6) is 5.75 Å². The molecule has 0 spiro atoms. The molecule has 5 heteroatoms. The van der Waals surface area contributed by atoms with Crippen LogP contribution in [0.25, 0.3) is 0 Å². The molecule has 1 saturated carbocycles. The van der Waals surface area contributed by atoms with Gasteiger partial charge in [0, 0.05) is 6.04 Å². The zero-order valence-corrected chi connectivity index (χ0v) is 10.8. The van der Waals surface area contributed by atoms with Crippen molar-refractivity contribution in [2.45, 2.75) is 38.4 Å². The van der Waals surface area contributed by atoms with Gasteiger partial charge in [0.25, 0.3) is 0 Å². The van der Waals surface area contributed by atoms with Crippen molar-refractivity contribution in [1.82, 2.24) is 0 Å². The van der Waals surface area contributed by atoms with Gasteiger partial charge >= 0.3 is 6.18 Å². The van der Waals surface area contributed by atoms with E-state index in [0.717, 1.165) is 6.42 Å². The third-order valence-electron chi connectivity index (χ3n) is 3.25. The topological polar surface area (TPSA) is 21.3 Å². The van der Waals surface area contributed by atoms with Crippen molar-refractivity contribution >= 4 is 5.69 Å². The Hall–Kier alpha value is -1.39. The summed E-state index contributed by atoms with van der Waals surface area (Å²) in [4.78, 5) is 0. The van der Waals surface area contributed by atoms with Crippen molar-refractivity contribution in [3.05, 3.63) is 24.3 Å². The van der Waals surface area contributed by atoms with Crippen LogP contribution in [0.1, 0.15) is 26.2 Å². The van der Waals surface area contributed by atoms with Crippen LogP contribution in [0.4, 0.5) is 18.9 Å². The van der Waals surface area contributed by atoms with Crippen LogP contribution in [0.3, 0.4) is 0 Å². The first kappa shape index (κ1) is 14.0. The second-order valence-electron chi connectivity index (χ2n) is 4.90. The molecule has 0 saturated heterocycles. The van der Waals surface area contributed by atoms with Crippen LogP contribution >= 0.6 is 0 Å². The van der Waals surface area contributed by atoms with E-state index < -0.39 is 12.8 Å². The zero-order chi connectivity index (χ0) is 13.9. The van der Waals surface area contributed by atoms with E-state index in [1.165, 1.54) is 12.8 Å². The minimum absolute atomic E-state index is 0.263. The molecule has 0 aliphatic heterocycles. The molecule has 106 valence electrons. The van der Waals surface area contributed by atoms with Crippen LogP contribution in [0.2, 0.25) is 0 Å². The molecule has 2 rings (SSSR count). The molecule has 0 aromatic heterocycles. The minimum atomic E-state index is -4.31. The number of alkyl halides is 3. The van der Waals surface area contributed by atoms with E-state index in [2.05, 4.69) is 12.2 Å². The van der Waals surface area contributed by atoms with Gasteiger partial charge in [-0.1, -0.05) is 19.1 Å². The van der Waals surface area contributed by atoms with Crippen molar-refractivity contribution in [1.29, 1.82) is 0 Å². The first-order chi connectivity index (χ1) is 8.99. The van der Waals surface area contributed by atoms with Crippen LogP contribution in [-0.2, 0) is 0 Å². The van der Waals surface area contributed by atoms with E-state index in [-0.39, 0.29) is 5.75 Å². The lowest BCUT2D eigenvalue weighted by Crippen LogP contribution is -2.23. The smallest absolute Gasteiger partial charge is 0.422 e. The summed E-state index contributed by atoms with van der Waals surface area (Å²) in [6, 6.07) is 7.11. The standard InChI is InChI=1S/C14H18F3NO/c1-2-11(10-7-8-10)18-12-5-3-4-6-13(12)19-9-14(15,16)17/h3-6,10-11,18H,2,7-9H2,1H3. The van der Waals surface area contributed by atoms with E-state index in [1.807, 2.05) is 0 Å². The highest BCUT2D eigenvalue weighted by molar-refractivity contribution is 5.57. The second-order valence-corrected chi connectivity index (χ2v) is 4.90. The number of ether oxygens (including phenoxy) is 1. The molecular weight excluding hydrogens is 255 g/mol. The number of halogens is 3. The molecule has 1 atom stereocenters. The molecule has 0 amide bonds. The minimum Gasteiger partial charge on any atom is -0.482 e. The Kier molecular flexibility index (Phi) is 4.22. The largest absolute Gasteiger partial charge is 0.482 e. The van der Waals surface area contributed by atoms with Gasteiger partial charge in [-0.15, -0.1) is 0 Å². The third kappa shape index (κ3) is 4.33. The monoisotopic (exact) mass is 273 g/mol. The van der Waals surface area contributed by atoms with E-state index in [9.17, 15) is 13.2 Å². The summed E-state index contributed by atoms with van der Waals surface area (Å²) in [5.74, 6) is 0.902. The molecular formula is C14H18F3NO. The molecule has 0 heterocycles. The summed E-state index contributed by atoms with van der Waals surface area (Å²) in [6.45, 7) is 0.821. The van der Waals surface area contributed by atoms with Gasteiger partial charge in [0.05, 0.1) is 5.69 Å². The molecule has 1 fully saturated rings. The van der Waals surface area contributed by atoms with Crippen LogP contribution < -0.4 is 10.1 Å². The van der Waals surface area contributed by atoms with Crippen LogP contribution in [0, 0.1) is 5.92 Å². The Morgan fingerprint density at radius 1 is 1.32 bits per heavy atom. The van der Waals surface area contributed by atoms with Gasteiger partial charge in [-0.3, -0.25) is 0 Å². The van der Waals surface area contributed by atoms with E-state index >= 15 is 0 Å². The molecule has 1 aromatic rings. The SMILES string of the molecule is CCC(Nc1ccccc1OCC(F)(F)F)C1CC1. The summed E-state index contributed by atoms with van der Waals surface area (Å²) >= 11 is 0. The molecule has 1 unspecified atom stereocenters. The molecule has 2 nitrogen and oxygen atoms in total. The van der Waals surface area contributed by atoms with Crippen molar-refractivity contribution in [2.75, 3.05) is 11.9 Å². The summed E-state index contributed by atoms with van der Waals surface area (Å²) in [7, 11) is 0. The highest BCUT2D eigenvalue weighted by atomic mass is 19.4. The van der Waals surface area contributed by atoms with Crippen molar-refractivity contribution in [3.63, 3.8) is 0 Å². The van der Waals surface area contributed by atoms with Gasteiger partial charge in [0.1, 0.15) is 5.75 Å². The highest BCUT2D eigenvalue weighted by Crippen LogP contribution is 2.37. The Balaban J connectivity index is 2.02. The molecule has 19 heavy (non-hydrogen) atoms. The summed E-state index contributed by atoms with van der Waals surface area (Å²) in [6.07, 6.45) is -0.972. The summed E-state index contributed by atoms with van der Waals surface area (Å²) < 4.78 is 41.4. The number of benzene rings is 1. The zero-order valence-electron chi connectivity index (χ0n) is 10.8. The maximum absolute atomic E-state index is 12.2. The fraction of sp³-hybridized carbons (Fsp3) is 0.571. The van der Waals surface area contributed by atoms with Gasteiger partial charge in [-0.2, -0.15) is 13.2 Å². The van der Waals surface area contributed by atoms with Crippen molar-refractivity contribution in [2.24, 2.45) is 5.92 Å². The summed E-state index contributed by atoms with van der Waals surface area (Å²) in [5.41, 5.74) is 0.644. The molecule has 0 bridgehead atoms. The molecule has 1 aliphatic carbocycles. The Labute approximate surface area is 111 Å². The van der Waals surface area contributed by atoms with Gasteiger partial charge in [-0.05, 0) is 37.3 Å². The number of para-hydroxylation sites is 2. The average Bonchev–Trinajstić information content (AvgIpc) is 3.18. The lowest BCUT2D eigenvalue weighted by molar-refractivity contribution is -0.153. The third-order valence-corrected chi connectivity index (χ3v) is 3.25. The fourth-order valence-corrected chi connectivity index (χ4v) is 2.12. The average molecular weight is 273 g/mol. The van der Waals surface area contributed by atoms with Gasteiger partial charge in [0.2, 0.25) is 0 Å². The first-order valence-electron chi connectivity index (χ1n) is 6.54. The molecule has 1 aliphatic rings. The summed E-state index contributed by atoms with van der Waals surface area (Å²) in [5, 5.41) is 3.30. The first-order valence-corrected chi connectivity index (χ1v) is 6.54. The number of rotatable bonds is 6. The highest BCUT2D eigenvalue weighted by Gasteiger charge is 2.31. The Morgan fingerprint density at radius 3 is 2.58 bits per heavy atom.